The number of nitrogens with one attached hydrogen (secondary N) is 1. The highest BCUT2D eigenvalue weighted by Crippen LogP contribution is 2.21. The van der Waals surface area contributed by atoms with Crippen molar-refractivity contribution in [3.8, 4) is 0 Å². The molecule has 1 unspecified atom stereocenters. The number of sulfonamides is 1. The maximum absolute atomic E-state index is 12.0. The Kier molecular flexibility index (Phi) is 8.20. The van der Waals surface area contributed by atoms with Gasteiger partial charge in [-0.2, -0.15) is 0 Å². The number of methoxy groups -OCH3 is 1. The molecule has 0 spiro atoms. The van der Waals surface area contributed by atoms with Crippen LogP contribution in [0.15, 0.2) is 23.1 Å². The fraction of sp³-hybridized carbons (Fsp3) is 0.417. The predicted molar refractivity (Wildman–Crippen MR) is 83.5 cm³/mol. The highest BCUT2D eigenvalue weighted by molar-refractivity contribution is 7.89. The standard InChI is InChI=1S/C12H17ClN2O4S.ClH/c1-8(14)5-6-15-20(17,18)9-3-4-10(11(13)7-9)12(16)19-2;/h3-4,7-8,15H,5-6,14H2,1-2H3;1H. The van der Waals surface area contributed by atoms with Crippen LogP contribution in [-0.4, -0.2) is 34.1 Å². The van der Waals surface area contributed by atoms with E-state index in [1.165, 1.54) is 25.3 Å². The summed E-state index contributed by atoms with van der Waals surface area (Å²) in [5.74, 6) is -0.621. The summed E-state index contributed by atoms with van der Waals surface area (Å²) in [6, 6.07) is 3.73. The van der Waals surface area contributed by atoms with Crippen molar-refractivity contribution in [3.63, 3.8) is 0 Å². The van der Waals surface area contributed by atoms with Crippen LogP contribution in [0.3, 0.4) is 0 Å². The molecule has 0 aliphatic heterocycles. The number of rotatable bonds is 6. The molecule has 0 fully saturated rings. The van der Waals surface area contributed by atoms with E-state index in [2.05, 4.69) is 9.46 Å². The van der Waals surface area contributed by atoms with Crippen molar-refractivity contribution in [2.24, 2.45) is 5.73 Å². The van der Waals surface area contributed by atoms with Crippen molar-refractivity contribution in [3.05, 3.63) is 28.8 Å². The Morgan fingerprint density at radius 1 is 1.48 bits per heavy atom. The van der Waals surface area contributed by atoms with Gasteiger partial charge in [0, 0.05) is 12.6 Å². The minimum atomic E-state index is -3.67. The SMILES string of the molecule is COC(=O)c1ccc(S(=O)(=O)NCCC(C)N)cc1Cl.Cl. The van der Waals surface area contributed by atoms with E-state index < -0.39 is 16.0 Å². The van der Waals surface area contributed by atoms with Gasteiger partial charge in [0.15, 0.2) is 0 Å². The molecule has 0 aromatic heterocycles. The number of nitrogens with two attached hydrogens (primary N) is 1. The van der Waals surface area contributed by atoms with Gasteiger partial charge in [0.25, 0.3) is 0 Å². The van der Waals surface area contributed by atoms with Crippen LogP contribution in [0.1, 0.15) is 23.7 Å². The molecule has 0 amide bonds. The van der Waals surface area contributed by atoms with Gasteiger partial charge < -0.3 is 10.5 Å². The van der Waals surface area contributed by atoms with E-state index in [-0.39, 0.29) is 40.5 Å². The average Bonchev–Trinajstić information content (AvgIpc) is 2.37. The fourth-order valence-corrected chi connectivity index (χ4v) is 2.84. The smallest absolute Gasteiger partial charge is 0.339 e. The van der Waals surface area contributed by atoms with Gasteiger partial charge >= 0.3 is 5.97 Å². The van der Waals surface area contributed by atoms with E-state index in [1.807, 2.05) is 0 Å². The number of ether oxygens (including phenoxy) is 1. The van der Waals surface area contributed by atoms with E-state index in [1.54, 1.807) is 6.92 Å². The largest absolute Gasteiger partial charge is 0.465 e. The minimum Gasteiger partial charge on any atom is -0.465 e. The first kappa shape index (κ1) is 20.1. The molecule has 9 heteroatoms. The van der Waals surface area contributed by atoms with Gasteiger partial charge in [-0.25, -0.2) is 17.9 Å². The molecule has 0 aliphatic carbocycles. The lowest BCUT2D eigenvalue weighted by atomic mass is 10.2. The van der Waals surface area contributed by atoms with Crippen LogP contribution < -0.4 is 10.5 Å². The lowest BCUT2D eigenvalue weighted by Crippen LogP contribution is -2.29. The van der Waals surface area contributed by atoms with Crippen LogP contribution in [0.2, 0.25) is 5.02 Å². The maximum Gasteiger partial charge on any atom is 0.339 e. The summed E-state index contributed by atoms with van der Waals surface area (Å²) >= 11 is 5.88. The van der Waals surface area contributed by atoms with Crippen molar-refractivity contribution in [1.82, 2.24) is 4.72 Å². The number of hydrogen-bond donors (Lipinski definition) is 2. The van der Waals surface area contributed by atoms with Crippen molar-refractivity contribution in [2.45, 2.75) is 24.3 Å². The van der Waals surface area contributed by atoms with E-state index in [9.17, 15) is 13.2 Å². The summed E-state index contributed by atoms with van der Waals surface area (Å²) in [5, 5.41) is 0.0203. The molecule has 0 saturated heterocycles. The molecule has 1 aromatic carbocycles. The Labute approximate surface area is 135 Å². The summed E-state index contributed by atoms with van der Waals surface area (Å²) in [4.78, 5) is 11.3. The van der Waals surface area contributed by atoms with E-state index >= 15 is 0 Å². The number of benzene rings is 1. The summed E-state index contributed by atoms with van der Waals surface area (Å²) in [6.45, 7) is 2.02. The number of carbonyl (C=O) groups is 1. The molecule has 3 N–H and O–H groups in total. The zero-order chi connectivity index (χ0) is 15.3. The lowest BCUT2D eigenvalue weighted by molar-refractivity contribution is 0.0601. The highest BCUT2D eigenvalue weighted by Gasteiger charge is 2.18. The monoisotopic (exact) mass is 356 g/mol. The number of esters is 1. The van der Waals surface area contributed by atoms with E-state index in [0.29, 0.717) is 6.42 Å². The Hall–Kier alpha value is -0.860. The van der Waals surface area contributed by atoms with Crippen molar-refractivity contribution >= 4 is 40.0 Å². The molecular weight excluding hydrogens is 339 g/mol. The highest BCUT2D eigenvalue weighted by atomic mass is 35.5. The first-order chi connectivity index (χ1) is 9.27. The van der Waals surface area contributed by atoms with Gasteiger partial charge in [0.1, 0.15) is 0 Å². The Morgan fingerprint density at radius 3 is 2.57 bits per heavy atom. The van der Waals surface area contributed by atoms with Crippen LogP contribution in [0, 0.1) is 0 Å². The quantitative estimate of drug-likeness (QED) is 0.753. The lowest BCUT2D eigenvalue weighted by Gasteiger charge is -2.09. The van der Waals surface area contributed by atoms with Gasteiger partial charge in [-0.3, -0.25) is 0 Å². The molecule has 0 aliphatic rings. The van der Waals surface area contributed by atoms with Gasteiger partial charge in [0.05, 0.1) is 22.6 Å². The van der Waals surface area contributed by atoms with E-state index in [4.69, 9.17) is 17.3 Å². The first-order valence-electron chi connectivity index (χ1n) is 5.91. The number of carbonyl (C=O) groups excluding carboxylic acids is 1. The molecule has 0 bridgehead atoms. The molecule has 6 nitrogen and oxygen atoms in total. The summed E-state index contributed by atoms with van der Waals surface area (Å²) in [7, 11) is -2.45. The third-order valence-corrected chi connectivity index (χ3v) is 4.32. The molecule has 0 radical (unpaired) electrons. The third kappa shape index (κ3) is 5.80. The first-order valence-corrected chi connectivity index (χ1v) is 7.77. The van der Waals surface area contributed by atoms with Gasteiger partial charge in [-0.05, 0) is 31.5 Å². The molecule has 0 heterocycles. The topological polar surface area (TPSA) is 98.5 Å². The second-order valence-electron chi connectivity index (χ2n) is 4.30. The van der Waals surface area contributed by atoms with Crippen LogP contribution in [-0.2, 0) is 14.8 Å². The van der Waals surface area contributed by atoms with Gasteiger partial charge in [-0.15, -0.1) is 12.4 Å². The maximum atomic E-state index is 12.0. The zero-order valence-corrected chi connectivity index (χ0v) is 14.0. The molecule has 21 heavy (non-hydrogen) atoms. The van der Waals surface area contributed by atoms with Crippen LogP contribution in [0.25, 0.3) is 0 Å². The summed E-state index contributed by atoms with van der Waals surface area (Å²) in [6.07, 6.45) is 0.521. The van der Waals surface area contributed by atoms with Crippen LogP contribution in [0.4, 0.5) is 0 Å². The average molecular weight is 357 g/mol. The minimum absolute atomic E-state index is 0. The van der Waals surface area contributed by atoms with Crippen molar-refractivity contribution < 1.29 is 17.9 Å². The van der Waals surface area contributed by atoms with E-state index in [0.717, 1.165) is 0 Å². The van der Waals surface area contributed by atoms with Crippen molar-refractivity contribution in [2.75, 3.05) is 13.7 Å². The van der Waals surface area contributed by atoms with Crippen LogP contribution in [0.5, 0.6) is 0 Å². The summed E-state index contributed by atoms with van der Waals surface area (Å²) in [5.41, 5.74) is 5.66. The zero-order valence-electron chi connectivity index (χ0n) is 11.6. The second-order valence-corrected chi connectivity index (χ2v) is 6.47. The number of hydrogen-bond acceptors (Lipinski definition) is 5. The normalized spacial score (nSPS) is 12.4. The van der Waals surface area contributed by atoms with Crippen LogP contribution >= 0.6 is 24.0 Å². The Balaban J connectivity index is 0.00000400. The Bertz CT molecular complexity index is 591. The third-order valence-electron chi connectivity index (χ3n) is 2.55. The summed E-state index contributed by atoms with van der Waals surface area (Å²) < 4.78 is 30.9. The molecule has 1 rings (SSSR count). The fourth-order valence-electron chi connectivity index (χ4n) is 1.44. The molecule has 1 aromatic rings. The number of halogens is 2. The van der Waals surface area contributed by atoms with Crippen molar-refractivity contribution in [1.29, 1.82) is 0 Å². The predicted octanol–water partition coefficient (Wildman–Crippen LogP) is 1.56. The molecule has 120 valence electrons. The Morgan fingerprint density at radius 2 is 2.10 bits per heavy atom. The molecule has 1 atom stereocenters. The molecule has 0 saturated carbocycles. The van der Waals surface area contributed by atoms with Gasteiger partial charge in [-0.1, -0.05) is 11.6 Å². The molecular formula is C12H18Cl2N2O4S. The second kappa shape index (κ2) is 8.55. The van der Waals surface area contributed by atoms with Gasteiger partial charge in [0.2, 0.25) is 10.0 Å².